The maximum Gasteiger partial charge on any atom is 0.446 e. The molecule has 0 fully saturated rings. The predicted octanol–water partition coefficient (Wildman–Crippen LogP) is 3.86. The lowest BCUT2D eigenvalue weighted by molar-refractivity contribution is -0.149. The van der Waals surface area contributed by atoms with Crippen LogP contribution in [0.1, 0.15) is 11.6 Å². The molecule has 96 valence electrons. The van der Waals surface area contributed by atoms with Crippen LogP contribution in [0, 0.1) is 0 Å². The van der Waals surface area contributed by atoms with Gasteiger partial charge in [0, 0.05) is 4.90 Å². The Labute approximate surface area is 97.0 Å². The Hall–Kier alpha value is -0.890. The van der Waals surface area contributed by atoms with Gasteiger partial charge >= 0.3 is 11.7 Å². The van der Waals surface area contributed by atoms with Gasteiger partial charge in [0.2, 0.25) is 0 Å². The third-order valence-corrected chi connectivity index (χ3v) is 2.56. The molecule has 1 nitrogen and oxygen atoms in total. The molecular formula is C9H7F6NS. The van der Waals surface area contributed by atoms with Crippen LogP contribution in [0.5, 0.6) is 0 Å². The van der Waals surface area contributed by atoms with Gasteiger partial charge in [-0.3, -0.25) is 0 Å². The molecule has 1 aromatic rings. The molecule has 0 aliphatic carbocycles. The van der Waals surface area contributed by atoms with Crippen LogP contribution in [0.4, 0.5) is 26.3 Å². The number of benzene rings is 1. The van der Waals surface area contributed by atoms with Crippen LogP contribution >= 0.6 is 11.8 Å². The van der Waals surface area contributed by atoms with Crippen molar-refractivity contribution in [1.82, 2.24) is 0 Å². The highest BCUT2D eigenvalue weighted by atomic mass is 32.2. The number of alkyl halides is 6. The zero-order valence-electron chi connectivity index (χ0n) is 8.14. The molecule has 1 rings (SSSR count). The molecule has 0 aliphatic heterocycles. The summed E-state index contributed by atoms with van der Waals surface area (Å²) in [5.41, 5.74) is 0.157. The summed E-state index contributed by atoms with van der Waals surface area (Å²) in [6.07, 6.45) is -4.61. The molecule has 0 heterocycles. The molecular weight excluding hydrogens is 268 g/mol. The van der Waals surface area contributed by atoms with Crippen molar-refractivity contribution in [3.05, 3.63) is 29.8 Å². The van der Waals surface area contributed by atoms with E-state index in [1.165, 1.54) is 0 Å². The third kappa shape index (κ3) is 4.47. The molecule has 0 aliphatic rings. The maximum absolute atomic E-state index is 12.2. The van der Waals surface area contributed by atoms with E-state index in [9.17, 15) is 26.3 Å². The van der Waals surface area contributed by atoms with Gasteiger partial charge in [-0.25, -0.2) is 0 Å². The summed E-state index contributed by atoms with van der Waals surface area (Å²) in [6, 6.07) is 1.60. The first kappa shape index (κ1) is 14.2. The van der Waals surface area contributed by atoms with E-state index in [-0.39, 0.29) is 10.5 Å². The maximum atomic E-state index is 12.2. The van der Waals surface area contributed by atoms with Gasteiger partial charge in [0.25, 0.3) is 0 Å². The summed E-state index contributed by atoms with van der Waals surface area (Å²) < 4.78 is 72.4. The van der Waals surface area contributed by atoms with Crippen LogP contribution in [-0.4, -0.2) is 11.7 Å². The Morgan fingerprint density at radius 2 is 1.41 bits per heavy atom. The summed E-state index contributed by atoms with van der Waals surface area (Å²) in [5, 5.41) is 0. The summed E-state index contributed by atoms with van der Waals surface area (Å²) in [5.74, 6) is 0. The van der Waals surface area contributed by atoms with Gasteiger partial charge in [-0.2, -0.15) is 26.3 Å². The lowest BCUT2D eigenvalue weighted by Gasteiger charge is -2.16. The smallest absolute Gasteiger partial charge is 0.316 e. The second-order valence-electron chi connectivity index (χ2n) is 3.14. The molecule has 0 saturated carbocycles. The second kappa shape index (κ2) is 4.77. The van der Waals surface area contributed by atoms with Crippen LogP contribution in [0.2, 0.25) is 0 Å². The molecule has 0 aromatic heterocycles. The van der Waals surface area contributed by atoms with Gasteiger partial charge in [-0.15, -0.1) is 0 Å². The summed E-state index contributed by atoms with van der Waals surface area (Å²) in [6.45, 7) is 0. The van der Waals surface area contributed by atoms with E-state index in [0.29, 0.717) is 0 Å². The summed E-state index contributed by atoms with van der Waals surface area (Å²) in [4.78, 5) is -0.185. The van der Waals surface area contributed by atoms with Gasteiger partial charge in [-0.1, -0.05) is 12.1 Å². The van der Waals surface area contributed by atoms with Crippen LogP contribution in [0.25, 0.3) is 0 Å². The van der Waals surface area contributed by atoms with Gasteiger partial charge in [0.1, 0.15) is 6.04 Å². The number of hydrogen-bond acceptors (Lipinski definition) is 2. The van der Waals surface area contributed by atoms with Crippen molar-refractivity contribution in [1.29, 1.82) is 0 Å². The SMILES string of the molecule is N[C@H](c1ccc(SC(F)(F)F)cc1)C(F)(F)F. The Balaban J connectivity index is 2.82. The van der Waals surface area contributed by atoms with Crippen LogP contribution in [0.3, 0.4) is 0 Å². The number of thioether (sulfide) groups is 1. The molecule has 1 aromatic carbocycles. The summed E-state index contributed by atoms with van der Waals surface area (Å²) in [7, 11) is 0. The molecule has 0 radical (unpaired) electrons. The minimum Gasteiger partial charge on any atom is -0.316 e. The van der Waals surface area contributed by atoms with E-state index in [0.717, 1.165) is 24.3 Å². The summed E-state index contributed by atoms with van der Waals surface area (Å²) >= 11 is -0.393. The van der Waals surface area contributed by atoms with Crippen LogP contribution in [-0.2, 0) is 0 Å². The molecule has 0 spiro atoms. The highest BCUT2D eigenvalue weighted by Gasteiger charge is 2.37. The van der Waals surface area contributed by atoms with Gasteiger partial charge in [0.05, 0.1) is 0 Å². The Morgan fingerprint density at radius 3 is 1.76 bits per heavy atom. The first-order valence-electron chi connectivity index (χ1n) is 4.27. The topological polar surface area (TPSA) is 26.0 Å². The average Bonchev–Trinajstić information content (AvgIpc) is 2.14. The predicted molar refractivity (Wildman–Crippen MR) is 51.3 cm³/mol. The molecule has 2 N–H and O–H groups in total. The van der Waals surface area contributed by atoms with E-state index < -0.39 is 29.5 Å². The Morgan fingerprint density at radius 1 is 0.941 bits per heavy atom. The minimum absolute atomic E-state index is 0.185. The number of halogens is 6. The average molecular weight is 275 g/mol. The first-order chi connectivity index (χ1) is 7.59. The van der Waals surface area contributed by atoms with Gasteiger partial charge in [0.15, 0.2) is 0 Å². The van der Waals surface area contributed by atoms with Crippen LogP contribution in [0.15, 0.2) is 29.2 Å². The standard InChI is InChI=1S/C9H7F6NS/c10-8(11,12)7(16)5-1-3-6(4-2-5)17-9(13,14)15/h1-4,7H,16H2/t7-/m1/s1. The quantitative estimate of drug-likeness (QED) is 0.655. The molecule has 1 atom stereocenters. The van der Waals surface area contributed by atoms with Gasteiger partial charge < -0.3 is 5.73 Å². The Bertz CT molecular complexity index is 369. The van der Waals surface area contributed by atoms with E-state index in [4.69, 9.17) is 5.73 Å². The normalized spacial score (nSPS) is 14.8. The Kier molecular flexibility index (Phi) is 3.98. The van der Waals surface area contributed by atoms with Crippen molar-refractivity contribution in [2.75, 3.05) is 0 Å². The van der Waals surface area contributed by atoms with Crippen molar-refractivity contribution in [3.63, 3.8) is 0 Å². The zero-order chi connectivity index (χ0) is 13.3. The van der Waals surface area contributed by atoms with E-state index in [2.05, 4.69) is 0 Å². The highest BCUT2D eigenvalue weighted by molar-refractivity contribution is 8.00. The van der Waals surface area contributed by atoms with Gasteiger partial charge in [-0.05, 0) is 29.5 Å². The van der Waals surface area contributed by atoms with Crippen molar-refractivity contribution in [2.24, 2.45) is 5.73 Å². The molecule has 8 heteroatoms. The molecule has 0 bridgehead atoms. The van der Waals surface area contributed by atoms with Crippen molar-refractivity contribution < 1.29 is 26.3 Å². The number of nitrogens with two attached hydrogens (primary N) is 1. The van der Waals surface area contributed by atoms with Crippen molar-refractivity contribution in [3.8, 4) is 0 Å². The highest BCUT2D eigenvalue weighted by Crippen LogP contribution is 2.38. The van der Waals surface area contributed by atoms with Crippen LogP contribution < -0.4 is 5.73 Å². The minimum atomic E-state index is -4.61. The first-order valence-corrected chi connectivity index (χ1v) is 5.09. The number of rotatable bonds is 2. The number of hydrogen-bond donors (Lipinski definition) is 1. The lowest BCUT2D eigenvalue weighted by Crippen LogP contribution is -2.28. The molecule has 0 saturated heterocycles. The monoisotopic (exact) mass is 275 g/mol. The fraction of sp³-hybridized carbons (Fsp3) is 0.333. The molecule has 17 heavy (non-hydrogen) atoms. The lowest BCUT2D eigenvalue weighted by atomic mass is 10.1. The zero-order valence-corrected chi connectivity index (χ0v) is 8.96. The van der Waals surface area contributed by atoms with Crippen molar-refractivity contribution >= 4 is 11.8 Å². The fourth-order valence-corrected chi connectivity index (χ4v) is 1.61. The van der Waals surface area contributed by atoms with E-state index >= 15 is 0 Å². The second-order valence-corrected chi connectivity index (χ2v) is 4.27. The third-order valence-electron chi connectivity index (χ3n) is 1.83. The van der Waals surface area contributed by atoms with E-state index in [1.54, 1.807) is 0 Å². The molecule has 0 amide bonds. The largest absolute Gasteiger partial charge is 0.446 e. The van der Waals surface area contributed by atoms with E-state index in [1.807, 2.05) is 0 Å². The fourth-order valence-electron chi connectivity index (χ4n) is 1.07. The molecule has 0 unspecified atom stereocenters. The van der Waals surface area contributed by atoms with Crippen molar-refractivity contribution in [2.45, 2.75) is 22.6 Å².